The number of nitrogens with zero attached hydrogens (tertiary/aromatic N) is 4. The van der Waals surface area contributed by atoms with Crippen LogP contribution in [0.25, 0.3) is 23.3 Å². The number of fused-ring (bicyclic) bond motifs is 1. The third-order valence-electron chi connectivity index (χ3n) is 4.94. The minimum Gasteiger partial charge on any atom is -0.496 e. The molecule has 1 aromatic carbocycles. The lowest BCUT2D eigenvalue weighted by Crippen LogP contribution is -2.39. The summed E-state index contributed by atoms with van der Waals surface area (Å²) < 4.78 is 9.70. The maximum absolute atomic E-state index is 12.8. The second kappa shape index (κ2) is 7.90. The van der Waals surface area contributed by atoms with Crippen LogP contribution in [0.4, 0.5) is 0 Å². The van der Waals surface area contributed by atoms with Crippen molar-refractivity contribution in [3.05, 3.63) is 56.0 Å². The number of hydrogen-bond acceptors (Lipinski definition) is 5. The van der Waals surface area contributed by atoms with Crippen LogP contribution in [0.2, 0.25) is 0 Å². The van der Waals surface area contributed by atoms with Crippen LogP contribution in [-0.4, -0.2) is 31.6 Å². The Hall–Kier alpha value is -3.42. The largest absolute Gasteiger partial charge is 0.496 e. The van der Waals surface area contributed by atoms with Gasteiger partial charge in [0.1, 0.15) is 11.6 Å². The molecule has 0 saturated heterocycles. The summed E-state index contributed by atoms with van der Waals surface area (Å²) >= 11 is 0. The Kier molecular flexibility index (Phi) is 5.54. The number of carbonyl (C=O) groups excluding carboxylic acids is 1. The standard InChI is InChI=1S/C21H24N4O4/c1-6-24-19-18(20(27)25(7-2)21(24)28)23(4)17(22-19)11-9-14-8-10-15(13(3)26)16(12-14)29-5/h8-12H,6-7H2,1-5H3/b11-9+. The van der Waals surface area contributed by atoms with Gasteiger partial charge in [-0.15, -0.1) is 0 Å². The van der Waals surface area contributed by atoms with Gasteiger partial charge in [0, 0.05) is 20.1 Å². The molecule has 8 nitrogen and oxygen atoms in total. The van der Waals surface area contributed by atoms with Gasteiger partial charge in [0.2, 0.25) is 0 Å². The second-order valence-corrected chi connectivity index (χ2v) is 6.63. The molecule has 0 fully saturated rings. The van der Waals surface area contributed by atoms with E-state index in [-0.39, 0.29) is 17.0 Å². The Morgan fingerprint density at radius 2 is 1.83 bits per heavy atom. The van der Waals surface area contributed by atoms with Gasteiger partial charge in [0.05, 0.1) is 12.7 Å². The van der Waals surface area contributed by atoms with Crippen LogP contribution in [0.1, 0.15) is 42.5 Å². The number of hydrogen-bond donors (Lipinski definition) is 0. The molecular weight excluding hydrogens is 372 g/mol. The zero-order valence-electron chi connectivity index (χ0n) is 17.2. The summed E-state index contributed by atoms with van der Waals surface area (Å²) in [4.78, 5) is 41.5. The molecule has 2 heterocycles. The summed E-state index contributed by atoms with van der Waals surface area (Å²) in [6.07, 6.45) is 3.59. The predicted octanol–water partition coefficient (Wildman–Crippen LogP) is 2.32. The van der Waals surface area contributed by atoms with Crippen LogP contribution in [-0.2, 0) is 20.1 Å². The maximum atomic E-state index is 12.8. The first-order valence-corrected chi connectivity index (χ1v) is 9.41. The van der Waals surface area contributed by atoms with Crippen LogP contribution < -0.4 is 16.0 Å². The highest BCUT2D eigenvalue weighted by Crippen LogP contribution is 2.22. The average molecular weight is 396 g/mol. The number of ether oxygens (including phenoxy) is 1. The summed E-state index contributed by atoms with van der Waals surface area (Å²) in [6.45, 7) is 5.82. The Bertz CT molecular complexity index is 1240. The molecule has 0 amide bonds. The van der Waals surface area contributed by atoms with E-state index in [9.17, 15) is 14.4 Å². The van der Waals surface area contributed by atoms with Crippen LogP contribution in [0.15, 0.2) is 27.8 Å². The van der Waals surface area contributed by atoms with Gasteiger partial charge in [-0.1, -0.05) is 12.1 Å². The lowest BCUT2D eigenvalue weighted by molar-refractivity contribution is 0.101. The monoisotopic (exact) mass is 396 g/mol. The number of imidazole rings is 1. The summed E-state index contributed by atoms with van der Waals surface area (Å²) in [5.74, 6) is 0.968. The van der Waals surface area contributed by atoms with Gasteiger partial charge in [0.25, 0.3) is 5.56 Å². The molecule has 0 N–H and O–H groups in total. The highest BCUT2D eigenvalue weighted by Gasteiger charge is 2.17. The van der Waals surface area contributed by atoms with E-state index in [0.29, 0.717) is 41.4 Å². The fraction of sp³-hybridized carbons (Fsp3) is 0.333. The Morgan fingerprint density at radius 3 is 2.41 bits per heavy atom. The Morgan fingerprint density at radius 1 is 1.14 bits per heavy atom. The number of ketones is 1. The van der Waals surface area contributed by atoms with Gasteiger partial charge in [-0.2, -0.15) is 0 Å². The number of Topliss-reactive ketones (excluding diaryl/α,β-unsaturated/α-hetero) is 1. The van der Waals surface area contributed by atoms with Gasteiger partial charge < -0.3 is 9.30 Å². The molecule has 3 aromatic rings. The molecular formula is C21H24N4O4. The van der Waals surface area contributed by atoms with Crippen molar-refractivity contribution in [2.24, 2.45) is 7.05 Å². The van der Waals surface area contributed by atoms with Crippen molar-refractivity contribution in [3.63, 3.8) is 0 Å². The second-order valence-electron chi connectivity index (χ2n) is 6.63. The molecule has 0 saturated carbocycles. The van der Waals surface area contributed by atoms with Crippen molar-refractivity contribution in [2.45, 2.75) is 33.9 Å². The zero-order valence-corrected chi connectivity index (χ0v) is 17.2. The number of aromatic nitrogens is 4. The Balaban J connectivity index is 2.14. The summed E-state index contributed by atoms with van der Waals surface area (Å²) in [6, 6.07) is 5.29. The number of carbonyl (C=O) groups is 1. The first-order valence-electron chi connectivity index (χ1n) is 9.41. The molecule has 0 radical (unpaired) electrons. The highest BCUT2D eigenvalue weighted by atomic mass is 16.5. The third kappa shape index (κ3) is 3.41. The number of benzene rings is 1. The molecule has 0 bridgehead atoms. The molecule has 0 aliphatic rings. The lowest BCUT2D eigenvalue weighted by Gasteiger charge is -2.08. The summed E-state index contributed by atoms with van der Waals surface area (Å²) in [5, 5.41) is 0. The van der Waals surface area contributed by atoms with Gasteiger partial charge in [-0.25, -0.2) is 9.78 Å². The minimum atomic E-state index is -0.356. The molecule has 8 heteroatoms. The van der Waals surface area contributed by atoms with E-state index in [1.807, 2.05) is 19.1 Å². The van der Waals surface area contributed by atoms with E-state index >= 15 is 0 Å². The summed E-state index contributed by atoms with van der Waals surface area (Å²) in [5.41, 5.74) is 1.39. The van der Waals surface area contributed by atoms with Crippen molar-refractivity contribution in [3.8, 4) is 5.75 Å². The van der Waals surface area contributed by atoms with Crippen molar-refractivity contribution >= 4 is 29.1 Å². The van der Waals surface area contributed by atoms with Gasteiger partial charge in [0.15, 0.2) is 16.9 Å². The van der Waals surface area contributed by atoms with E-state index in [2.05, 4.69) is 4.98 Å². The highest BCUT2D eigenvalue weighted by molar-refractivity contribution is 5.97. The van der Waals surface area contributed by atoms with E-state index in [4.69, 9.17) is 4.74 Å². The summed E-state index contributed by atoms with van der Waals surface area (Å²) in [7, 11) is 3.27. The predicted molar refractivity (Wildman–Crippen MR) is 113 cm³/mol. The molecule has 0 unspecified atom stereocenters. The molecule has 0 aliphatic heterocycles. The fourth-order valence-electron chi connectivity index (χ4n) is 3.37. The van der Waals surface area contributed by atoms with Crippen molar-refractivity contribution in [1.29, 1.82) is 0 Å². The molecule has 152 valence electrons. The third-order valence-corrected chi connectivity index (χ3v) is 4.94. The van der Waals surface area contributed by atoms with Crippen molar-refractivity contribution in [2.75, 3.05) is 7.11 Å². The molecule has 3 rings (SSSR count). The first kappa shape index (κ1) is 20.3. The Labute approximate surface area is 167 Å². The first-order chi connectivity index (χ1) is 13.8. The van der Waals surface area contributed by atoms with Crippen LogP contribution in [0.5, 0.6) is 5.75 Å². The molecule has 29 heavy (non-hydrogen) atoms. The van der Waals surface area contributed by atoms with E-state index in [1.165, 1.54) is 23.2 Å². The van der Waals surface area contributed by atoms with E-state index < -0.39 is 0 Å². The van der Waals surface area contributed by atoms with Gasteiger partial charge >= 0.3 is 5.69 Å². The topological polar surface area (TPSA) is 88.1 Å². The minimum absolute atomic E-state index is 0.0718. The van der Waals surface area contributed by atoms with Crippen LogP contribution in [0.3, 0.4) is 0 Å². The molecule has 0 spiro atoms. The fourth-order valence-corrected chi connectivity index (χ4v) is 3.37. The molecule has 0 aliphatic carbocycles. The average Bonchev–Trinajstić information content (AvgIpc) is 3.03. The smallest absolute Gasteiger partial charge is 0.332 e. The van der Waals surface area contributed by atoms with Crippen LogP contribution in [0, 0.1) is 0 Å². The zero-order chi connectivity index (χ0) is 21.3. The molecule has 0 atom stereocenters. The van der Waals surface area contributed by atoms with Crippen molar-refractivity contribution < 1.29 is 9.53 Å². The SMILES string of the molecule is CCn1c(=O)c2c(nc(/C=C/c3ccc(C(C)=O)c(OC)c3)n2C)n(CC)c1=O. The van der Waals surface area contributed by atoms with Gasteiger partial charge in [-0.05, 0) is 44.5 Å². The van der Waals surface area contributed by atoms with Crippen molar-refractivity contribution in [1.82, 2.24) is 18.7 Å². The quantitative estimate of drug-likeness (QED) is 0.597. The lowest BCUT2D eigenvalue weighted by atomic mass is 10.1. The van der Waals surface area contributed by atoms with E-state index in [0.717, 1.165) is 5.56 Å². The van der Waals surface area contributed by atoms with Gasteiger partial charge in [-0.3, -0.25) is 18.7 Å². The number of aryl methyl sites for hydroxylation is 2. The molecule has 2 aromatic heterocycles. The van der Waals surface area contributed by atoms with E-state index in [1.54, 1.807) is 36.7 Å². The normalized spacial score (nSPS) is 11.5. The number of rotatable bonds is 6. The van der Waals surface area contributed by atoms with Crippen LogP contribution >= 0.6 is 0 Å². The maximum Gasteiger partial charge on any atom is 0.332 e. The number of methoxy groups -OCH3 is 1.